The second-order valence-corrected chi connectivity index (χ2v) is 22.6. The summed E-state index contributed by atoms with van der Waals surface area (Å²) in [6.45, 7) is -0.107. The first-order valence-corrected chi connectivity index (χ1v) is 27.3. The third-order valence-corrected chi connectivity index (χ3v) is 14.8. The molecular formula is C41H49ClN8O10S5. The van der Waals surface area contributed by atoms with Crippen LogP contribution in [0.4, 0.5) is 21.6 Å². The summed E-state index contributed by atoms with van der Waals surface area (Å²) >= 11 is 9.57. The van der Waals surface area contributed by atoms with Crippen LogP contribution in [-0.2, 0) is 52.3 Å². The van der Waals surface area contributed by atoms with E-state index < -0.39 is 56.5 Å². The number of hydrogen-bond donors (Lipinski definition) is 6. The van der Waals surface area contributed by atoms with Crippen LogP contribution in [0.1, 0.15) is 96.3 Å². The van der Waals surface area contributed by atoms with Gasteiger partial charge in [-0.05, 0) is 56.2 Å². The van der Waals surface area contributed by atoms with Gasteiger partial charge in [-0.1, -0.05) is 84.2 Å². The average Bonchev–Trinajstić information content (AvgIpc) is 4.08. The Morgan fingerprint density at radius 3 is 1.43 bits per heavy atom. The van der Waals surface area contributed by atoms with E-state index in [4.69, 9.17) is 11.6 Å². The molecular weight excluding hydrogens is 960 g/mol. The zero-order valence-electron chi connectivity index (χ0n) is 35.7. The molecule has 2 saturated carbocycles. The summed E-state index contributed by atoms with van der Waals surface area (Å²) in [7, 11) is -6.80. The van der Waals surface area contributed by atoms with Crippen LogP contribution in [0, 0.1) is 11.8 Å². The number of anilines is 4. The number of thioether (sulfide) groups is 1. The van der Waals surface area contributed by atoms with Gasteiger partial charge in [-0.3, -0.25) is 28.8 Å². The van der Waals surface area contributed by atoms with Gasteiger partial charge in [-0.15, -0.1) is 11.8 Å². The number of benzene rings is 2. The van der Waals surface area contributed by atoms with Crippen molar-refractivity contribution in [2.24, 2.45) is 11.8 Å². The monoisotopic (exact) mass is 1010 g/mol. The number of halogens is 1. The molecule has 2 fully saturated rings. The number of nitrogens with one attached hydrogen (secondary N) is 6. The lowest BCUT2D eigenvalue weighted by Crippen LogP contribution is -2.23. The van der Waals surface area contributed by atoms with Gasteiger partial charge >= 0.3 is 0 Å². The van der Waals surface area contributed by atoms with E-state index in [2.05, 4.69) is 40.7 Å². The van der Waals surface area contributed by atoms with Crippen molar-refractivity contribution in [2.75, 3.05) is 40.0 Å². The minimum atomic E-state index is -3.42. The van der Waals surface area contributed by atoms with Crippen LogP contribution in [0.2, 0.25) is 4.34 Å². The number of amides is 4. The van der Waals surface area contributed by atoms with E-state index in [1.54, 1.807) is 48.5 Å². The molecule has 2 aliphatic rings. The fourth-order valence-corrected chi connectivity index (χ4v) is 10.5. The molecule has 65 heavy (non-hydrogen) atoms. The van der Waals surface area contributed by atoms with Crippen LogP contribution in [0.25, 0.3) is 0 Å². The molecule has 2 heterocycles. The van der Waals surface area contributed by atoms with Crippen LogP contribution < -0.4 is 30.7 Å². The maximum absolute atomic E-state index is 12.8. The second-order valence-electron chi connectivity index (χ2n) is 15.2. The Hall–Kier alpha value is -4.62. The zero-order valence-corrected chi connectivity index (χ0v) is 40.5. The average molecular weight is 1010 g/mol. The van der Waals surface area contributed by atoms with E-state index in [1.807, 2.05) is 6.26 Å². The molecule has 24 heteroatoms. The number of sulfonamides is 2. The molecule has 0 spiro atoms. The highest BCUT2D eigenvalue weighted by Crippen LogP contribution is 2.33. The number of Topliss-reactive ketones (excluding diaryl/α,β-unsaturated/α-hetero) is 2. The molecule has 6 N–H and O–H groups in total. The Morgan fingerprint density at radius 1 is 0.615 bits per heavy atom. The predicted octanol–water partition coefficient (Wildman–Crippen LogP) is 6.44. The van der Waals surface area contributed by atoms with Crippen molar-refractivity contribution in [1.29, 1.82) is 0 Å². The number of carbonyl (C=O) groups is 6. The number of rotatable bonds is 19. The number of aromatic nitrogens is 2. The number of para-hydroxylation sites is 2. The molecule has 4 amide bonds. The van der Waals surface area contributed by atoms with Gasteiger partial charge in [0.15, 0.2) is 21.8 Å². The SMILES string of the molecule is CS(=O)(=O)NCc1nc(NC(=O)CC(=O)Nc2ccccc2C(=O)C2CCCC2)sc1Cl.CSc1sc(NC(=O)CC(=O)Nc2ccccc2C(=O)C2CCCC2)nc1CNS(C)(=O)=O. The Kier molecular flexibility index (Phi) is 18.7. The highest BCUT2D eigenvalue weighted by molar-refractivity contribution is 8.00. The van der Waals surface area contributed by atoms with Crippen LogP contribution in [0.5, 0.6) is 0 Å². The number of thiazole rings is 2. The lowest BCUT2D eigenvalue weighted by Gasteiger charge is -2.13. The Morgan fingerprint density at radius 2 is 1.00 bits per heavy atom. The number of carbonyl (C=O) groups excluding carboxylic acids is 6. The van der Waals surface area contributed by atoms with Gasteiger partial charge in [0.05, 0.1) is 52.6 Å². The predicted molar refractivity (Wildman–Crippen MR) is 254 cm³/mol. The summed E-state index contributed by atoms with van der Waals surface area (Å²) in [6.07, 6.45) is 10.5. The molecule has 6 rings (SSSR count). The van der Waals surface area contributed by atoms with Gasteiger partial charge in [0.1, 0.15) is 17.2 Å². The maximum atomic E-state index is 12.8. The fraction of sp³-hybridized carbons (Fsp3) is 0.415. The third kappa shape index (κ3) is 16.3. The van der Waals surface area contributed by atoms with Gasteiger partial charge in [-0.25, -0.2) is 36.2 Å². The second kappa shape index (κ2) is 23.7. The van der Waals surface area contributed by atoms with Crippen molar-refractivity contribution < 1.29 is 45.6 Å². The van der Waals surface area contributed by atoms with Gasteiger partial charge in [0.25, 0.3) is 0 Å². The maximum Gasteiger partial charge on any atom is 0.235 e. The molecule has 0 radical (unpaired) electrons. The van der Waals surface area contributed by atoms with Gasteiger partial charge < -0.3 is 21.3 Å². The standard InChI is InChI=1S/C21H26N4O5S3.C20H23ClN4O5S2/c1-31-20-16(12-22-33(2,29)30)24-21(32-20)25-18(27)11-17(26)23-15-10-6-5-9-14(15)19(28)13-7-3-4-8-13;1-32(29,30)22-11-15-19(21)31-20(24-15)25-17(27)10-16(26)23-14-9-5-4-8-13(14)18(28)12-6-2-3-7-12/h5-6,9-10,13,22H,3-4,7-8,11-12H2,1-2H3,(H,23,26)(H,24,25,27);4-5,8-9,12,22H,2-3,6-7,10-11H2,1H3,(H,23,26)(H,24,25,27). The van der Waals surface area contributed by atoms with Crippen LogP contribution in [0.15, 0.2) is 52.7 Å². The quantitative estimate of drug-likeness (QED) is 0.0336. The number of ketones is 2. The summed E-state index contributed by atoms with van der Waals surface area (Å²) in [6, 6.07) is 13.6. The van der Waals surface area contributed by atoms with E-state index in [9.17, 15) is 45.6 Å². The highest BCUT2D eigenvalue weighted by Gasteiger charge is 2.28. The molecule has 2 aromatic carbocycles. The van der Waals surface area contributed by atoms with Crippen LogP contribution >= 0.6 is 46.0 Å². The molecule has 2 aliphatic carbocycles. The summed E-state index contributed by atoms with van der Waals surface area (Å²) in [5.74, 6) is -2.31. The lowest BCUT2D eigenvalue weighted by atomic mass is 9.95. The van der Waals surface area contributed by atoms with E-state index in [0.29, 0.717) is 28.2 Å². The van der Waals surface area contributed by atoms with E-state index in [0.717, 1.165) is 79.4 Å². The van der Waals surface area contributed by atoms with E-state index in [-0.39, 0.29) is 56.8 Å². The first-order valence-electron chi connectivity index (χ1n) is 20.3. The summed E-state index contributed by atoms with van der Waals surface area (Å²) in [5.41, 5.74) is 2.46. The molecule has 0 bridgehead atoms. The Balaban J connectivity index is 0.000000244. The normalized spacial score (nSPS) is 14.3. The van der Waals surface area contributed by atoms with Gasteiger partial charge in [0, 0.05) is 23.0 Å². The summed E-state index contributed by atoms with van der Waals surface area (Å²) in [5, 5.41) is 10.8. The van der Waals surface area contributed by atoms with E-state index in [1.165, 1.54) is 23.1 Å². The van der Waals surface area contributed by atoms with E-state index >= 15 is 0 Å². The minimum absolute atomic E-state index is 0.00761. The Bertz CT molecular complexity index is 2630. The molecule has 4 aromatic rings. The van der Waals surface area contributed by atoms with Crippen molar-refractivity contribution >= 4 is 123 Å². The lowest BCUT2D eigenvalue weighted by molar-refractivity contribution is -0.125. The van der Waals surface area contributed by atoms with Crippen molar-refractivity contribution in [2.45, 2.75) is 81.5 Å². The first kappa shape index (κ1) is 51.4. The van der Waals surface area contributed by atoms with Crippen molar-refractivity contribution in [1.82, 2.24) is 19.4 Å². The molecule has 0 aliphatic heterocycles. The molecule has 18 nitrogen and oxygen atoms in total. The van der Waals surface area contributed by atoms with Gasteiger partial charge in [-0.2, -0.15) is 0 Å². The topological polar surface area (TPSA) is 269 Å². The highest BCUT2D eigenvalue weighted by atomic mass is 35.5. The smallest absolute Gasteiger partial charge is 0.235 e. The number of hydrogen-bond acceptors (Lipinski definition) is 15. The molecule has 0 saturated heterocycles. The Labute approximate surface area is 394 Å². The van der Waals surface area contributed by atoms with Crippen molar-refractivity contribution in [3.05, 3.63) is 75.4 Å². The first-order chi connectivity index (χ1) is 30.8. The molecule has 0 atom stereocenters. The largest absolute Gasteiger partial charge is 0.325 e. The fourth-order valence-electron chi connectivity index (χ4n) is 6.99. The van der Waals surface area contributed by atoms with Crippen LogP contribution in [0.3, 0.4) is 0 Å². The number of nitrogens with zero attached hydrogens (tertiary/aromatic N) is 2. The summed E-state index contributed by atoms with van der Waals surface area (Å²) < 4.78 is 50.7. The van der Waals surface area contributed by atoms with Gasteiger partial charge in [0.2, 0.25) is 43.7 Å². The molecule has 350 valence electrons. The molecule has 0 unspecified atom stereocenters. The summed E-state index contributed by atoms with van der Waals surface area (Å²) in [4.78, 5) is 83.4. The van der Waals surface area contributed by atoms with Crippen molar-refractivity contribution in [3.63, 3.8) is 0 Å². The van der Waals surface area contributed by atoms with Crippen molar-refractivity contribution in [3.8, 4) is 0 Å². The van der Waals surface area contributed by atoms with Crippen LogP contribution in [-0.4, -0.2) is 80.8 Å². The molecule has 2 aromatic heterocycles. The zero-order chi connectivity index (χ0) is 47.3. The minimum Gasteiger partial charge on any atom is -0.325 e. The third-order valence-electron chi connectivity index (χ3n) is 10.0.